The molecule has 5 heteroatoms. The van der Waals surface area contributed by atoms with E-state index in [-0.39, 0.29) is 18.2 Å². The molecule has 0 aromatic carbocycles. The largest absolute Gasteiger partial charge is 1.00 e. The quantitative estimate of drug-likeness (QED) is 0.486. The number of hydrogen-bond donors (Lipinski definition) is 0. The van der Waals surface area contributed by atoms with Crippen molar-refractivity contribution in [2.24, 2.45) is 0 Å². The number of nitrogens with zero attached hydrogens (tertiary/aromatic N) is 2. The van der Waals surface area contributed by atoms with Gasteiger partial charge in [0.05, 0.1) is 6.54 Å². The summed E-state index contributed by atoms with van der Waals surface area (Å²) in [6.07, 6.45) is 3.91. The van der Waals surface area contributed by atoms with E-state index in [1.54, 1.807) is 11.3 Å². The van der Waals surface area contributed by atoms with E-state index in [1.807, 2.05) is 49.0 Å². The molecule has 0 amide bonds. The first-order valence-corrected chi connectivity index (χ1v) is 8.60. The van der Waals surface area contributed by atoms with Crippen molar-refractivity contribution in [3.8, 4) is 0 Å². The van der Waals surface area contributed by atoms with Crippen LogP contribution in [0.3, 0.4) is 0 Å². The summed E-state index contributed by atoms with van der Waals surface area (Å²) in [6.45, 7) is 7.36. The lowest BCUT2D eigenvalue weighted by Gasteiger charge is -2.08. The molecule has 0 bridgehead atoms. The van der Waals surface area contributed by atoms with Crippen molar-refractivity contribution in [3.05, 3.63) is 75.5 Å². The number of ketones is 1. The van der Waals surface area contributed by atoms with Gasteiger partial charge in [-0.2, -0.15) is 4.57 Å². The predicted molar refractivity (Wildman–Crippen MR) is 93.0 cm³/mol. The van der Waals surface area contributed by atoms with Crippen molar-refractivity contribution in [1.82, 2.24) is 4.57 Å². The van der Waals surface area contributed by atoms with Gasteiger partial charge in [0.2, 0.25) is 12.3 Å². The zero-order valence-corrected chi connectivity index (χ0v) is 15.7. The fourth-order valence-corrected chi connectivity index (χ4v) is 3.47. The second kappa shape index (κ2) is 7.77. The SMILES string of the molecule is Cc1cc[n+](CC(=O)c2cc(C)n(Cc3cccs3)c2C)cc1.[Cl-]. The Morgan fingerprint density at radius 1 is 1.17 bits per heavy atom. The van der Waals surface area contributed by atoms with E-state index in [1.165, 1.54) is 10.4 Å². The number of pyridine rings is 1. The van der Waals surface area contributed by atoms with Crippen molar-refractivity contribution in [1.29, 1.82) is 0 Å². The third kappa shape index (κ3) is 3.94. The Hall–Kier alpha value is -1.91. The number of aryl methyl sites for hydroxylation is 2. The number of carbonyl (C=O) groups is 1. The minimum Gasteiger partial charge on any atom is -1.00 e. The van der Waals surface area contributed by atoms with Crippen LogP contribution in [0.25, 0.3) is 0 Å². The van der Waals surface area contributed by atoms with Crippen molar-refractivity contribution >= 4 is 17.1 Å². The normalized spacial score (nSPS) is 10.5. The second-order valence-corrected chi connectivity index (χ2v) is 6.95. The number of thiophene rings is 1. The Kier molecular flexibility index (Phi) is 5.97. The van der Waals surface area contributed by atoms with Gasteiger partial charge in [-0.3, -0.25) is 4.79 Å². The van der Waals surface area contributed by atoms with Crippen LogP contribution in [-0.4, -0.2) is 10.4 Å². The second-order valence-electron chi connectivity index (χ2n) is 5.92. The van der Waals surface area contributed by atoms with Crippen LogP contribution >= 0.6 is 11.3 Å². The van der Waals surface area contributed by atoms with Crippen molar-refractivity contribution < 1.29 is 21.8 Å². The van der Waals surface area contributed by atoms with Gasteiger partial charge in [0.1, 0.15) is 0 Å². The molecule has 3 heterocycles. The van der Waals surface area contributed by atoms with Crippen LogP contribution in [-0.2, 0) is 13.1 Å². The lowest BCUT2D eigenvalue weighted by molar-refractivity contribution is -0.683. The summed E-state index contributed by atoms with van der Waals surface area (Å²) in [6, 6.07) is 10.3. The smallest absolute Gasteiger partial charge is 0.229 e. The van der Waals surface area contributed by atoms with Crippen LogP contribution in [0.1, 0.15) is 32.2 Å². The lowest BCUT2D eigenvalue weighted by Crippen LogP contribution is -3.00. The Bertz CT molecular complexity index is 820. The molecule has 24 heavy (non-hydrogen) atoms. The molecule has 0 radical (unpaired) electrons. The van der Waals surface area contributed by atoms with Crippen LogP contribution < -0.4 is 17.0 Å². The van der Waals surface area contributed by atoms with Crippen LogP contribution in [0.15, 0.2) is 48.1 Å². The van der Waals surface area contributed by atoms with E-state index >= 15 is 0 Å². The van der Waals surface area contributed by atoms with Gasteiger partial charge in [-0.15, -0.1) is 11.3 Å². The van der Waals surface area contributed by atoms with Gasteiger partial charge in [0.15, 0.2) is 12.4 Å². The third-order valence-corrected chi connectivity index (χ3v) is 5.01. The maximum Gasteiger partial charge on any atom is 0.229 e. The molecule has 0 saturated heterocycles. The molecule has 0 aliphatic heterocycles. The summed E-state index contributed by atoms with van der Waals surface area (Å²) in [5, 5.41) is 2.09. The number of aromatic nitrogens is 2. The summed E-state index contributed by atoms with van der Waals surface area (Å²) in [5.41, 5.74) is 4.21. The first-order valence-electron chi connectivity index (χ1n) is 7.72. The molecule has 0 atom stereocenters. The number of hydrogen-bond acceptors (Lipinski definition) is 2. The molecule has 0 fully saturated rings. The highest BCUT2D eigenvalue weighted by molar-refractivity contribution is 7.09. The van der Waals surface area contributed by atoms with E-state index in [0.29, 0.717) is 6.54 Å². The molecule has 3 nitrogen and oxygen atoms in total. The Balaban J connectivity index is 0.00000208. The average Bonchev–Trinajstić information content (AvgIpc) is 3.13. The number of rotatable bonds is 5. The van der Waals surface area contributed by atoms with Crippen LogP contribution in [0.5, 0.6) is 0 Å². The maximum absolute atomic E-state index is 12.7. The van der Waals surface area contributed by atoms with Gasteiger partial charge in [0, 0.05) is 34.0 Å². The standard InChI is InChI=1S/C19H21N2OS.ClH/c1-14-6-8-20(9-7-14)13-19(22)18-11-15(2)21(16(18)3)12-17-5-4-10-23-17;/h4-11H,12-13H2,1-3H3;1H/q+1;/p-1. The minimum atomic E-state index is 0. The summed E-state index contributed by atoms with van der Waals surface area (Å²) in [4.78, 5) is 14.0. The molecule has 0 aliphatic rings. The van der Waals surface area contributed by atoms with E-state index in [9.17, 15) is 4.79 Å². The van der Waals surface area contributed by atoms with E-state index < -0.39 is 0 Å². The van der Waals surface area contributed by atoms with Crippen molar-refractivity contribution in [3.63, 3.8) is 0 Å². The molecule has 0 spiro atoms. The Labute approximate surface area is 153 Å². The fraction of sp³-hybridized carbons (Fsp3) is 0.263. The van der Waals surface area contributed by atoms with E-state index in [4.69, 9.17) is 0 Å². The number of Topliss-reactive ketones (excluding diaryl/α,β-unsaturated/α-hetero) is 1. The van der Waals surface area contributed by atoms with Gasteiger partial charge in [0.25, 0.3) is 0 Å². The fourth-order valence-electron chi connectivity index (χ4n) is 2.77. The van der Waals surface area contributed by atoms with E-state index in [2.05, 4.69) is 29.0 Å². The number of carbonyl (C=O) groups excluding carboxylic acids is 1. The highest BCUT2D eigenvalue weighted by atomic mass is 35.5. The van der Waals surface area contributed by atoms with Gasteiger partial charge >= 0.3 is 0 Å². The summed E-state index contributed by atoms with van der Waals surface area (Å²) in [7, 11) is 0. The average molecular weight is 361 g/mol. The third-order valence-electron chi connectivity index (χ3n) is 4.15. The molecular formula is C19H21ClN2OS. The molecule has 3 aromatic heterocycles. The molecule has 0 aliphatic carbocycles. The number of halogens is 1. The van der Waals surface area contributed by atoms with Crippen LogP contribution in [0.4, 0.5) is 0 Å². The van der Waals surface area contributed by atoms with Crippen LogP contribution in [0, 0.1) is 20.8 Å². The highest BCUT2D eigenvalue weighted by Gasteiger charge is 2.19. The van der Waals surface area contributed by atoms with Crippen LogP contribution in [0.2, 0.25) is 0 Å². The van der Waals surface area contributed by atoms with Gasteiger partial charge in [-0.05, 0) is 43.8 Å². The molecule has 0 N–H and O–H groups in total. The van der Waals surface area contributed by atoms with Gasteiger partial charge in [-0.25, -0.2) is 0 Å². The summed E-state index contributed by atoms with van der Waals surface area (Å²) in [5.74, 6) is 0.157. The first kappa shape index (κ1) is 18.4. The highest BCUT2D eigenvalue weighted by Crippen LogP contribution is 2.19. The summed E-state index contributed by atoms with van der Waals surface area (Å²) >= 11 is 1.75. The van der Waals surface area contributed by atoms with Gasteiger partial charge in [-0.1, -0.05) is 6.07 Å². The zero-order valence-electron chi connectivity index (χ0n) is 14.1. The Morgan fingerprint density at radius 2 is 1.88 bits per heavy atom. The van der Waals surface area contributed by atoms with Crippen molar-refractivity contribution in [2.45, 2.75) is 33.9 Å². The first-order chi connectivity index (χ1) is 11.0. The molecule has 0 unspecified atom stereocenters. The maximum atomic E-state index is 12.7. The molecular weight excluding hydrogens is 340 g/mol. The zero-order chi connectivity index (χ0) is 16.4. The topological polar surface area (TPSA) is 25.9 Å². The van der Waals surface area contributed by atoms with Gasteiger partial charge < -0.3 is 17.0 Å². The monoisotopic (exact) mass is 360 g/mol. The molecule has 3 aromatic rings. The lowest BCUT2D eigenvalue weighted by atomic mass is 10.1. The molecule has 0 saturated carbocycles. The summed E-state index contributed by atoms with van der Waals surface area (Å²) < 4.78 is 4.15. The molecule has 126 valence electrons. The Morgan fingerprint density at radius 3 is 2.50 bits per heavy atom. The van der Waals surface area contributed by atoms with Crippen molar-refractivity contribution in [2.75, 3.05) is 0 Å². The van der Waals surface area contributed by atoms with E-state index in [0.717, 1.165) is 23.5 Å². The minimum absolute atomic E-state index is 0. The molecule has 3 rings (SSSR count). The predicted octanol–water partition coefficient (Wildman–Crippen LogP) is 0.698.